The lowest BCUT2D eigenvalue weighted by Crippen LogP contribution is -2.67. The molecule has 0 spiro atoms. The first-order valence-corrected chi connectivity index (χ1v) is 13.5. The first-order chi connectivity index (χ1) is 17.5. The Morgan fingerprint density at radius 1 is 0.784 bits per heavy atom. The fourth-order valence-corrected chi connectivity index (χ4v) is 5.92. The number of halogens is 3. The Morgan fingerprint density at radius 2 is 1.22 bits per heavy atom. The van der Waals surface area contributed by atoms with E-state index in [0.29, 0.717) is 12.1 Å². The molecule has 0 amide bonds. The van der Waals surface area contributed by atoms with Crippen molar-refractivity contribution < 1.29 is 30.6 Å². The van der Waals surface area contributed by atoms with Crippen molar-refractivity contribution in [1.29, 1.82) is 0 Å². The van der Waals surface area contributed by atoms with E-state index < -0.39 is 15.6 Å². The molecular formula is C28H27F3N2O3S. The van der Waals surface area contributed by atoms with Crippen molar-refractivity contribution in [2.45, 2.75) is 17.6 Å². The minimum absolute atomic E-state index is 0.416. The highest BCUT2D eigenvalue weighted by Gasteiger charge is 2.52. The van der Waals surface area contributed by atoms with Crippen molar-refractivity contribution in [1.82, 2.24) is 4.90 Å². The molecule has 0 aliphatic carbocycles. The maximum absolute atomic E-state index is 10.7. The Bertz CT molecular complexity index is 1540. The van der Waals surface area contributed by atoms with E-state index in [2.05, 4.69) is 96.9 Å². The van der Waals surface area contributed by atoms with Gasteiger partial charge in [-0.2, -0.15) is 13.2 Å². The SMILES string of the molecule is C[N+]12CCN(CC1)[C@@H](c1cccc3ccccc13)[C@@H]2c1cccc2ccccc12.O=S(=O)([O-])C(F)(F)F. The van der Waals surface area contributed by atoms with Crippen LogP contribution in [0.15, 0.2) is 84.9 Å². The highest BCUT2D eigenvalue weighted by atomic mass is 32.2. The molecule has 0 radical (unpaired) electrons. The average molecular weight is 529 g/mol. The van der Waals surface area contributed by atoms with Gasteiger partial charge in [-0.25, -0.2) is 8.42 Å². The molecule has 3 heterocycles. The summed E-state index contributed by atoms with van der Waals surface area (Å²) in [6.07, 6.45) is 0. The number of hydrogen-bond donors (Lipinski definition) is 0. The van der Waals surface area contributed by atoms with E-state index in [1.165, 1.54) is 58.9 Å². The number of likely N-dealkylation sites (N-methyl/N-ethyl adjacent to an activating group) is 1. The summed E-state index contributed by atoms with van der Waals surface area (Å²) in [5, 5.41) is 5.52. The van der Waals surface area contributed by atoms with Crippen LogP contribution in [0, 0.1) is 0 Å². The first-order valence-electron chi connectivity index (χ1n) is 12.1. The second kappa shape index (κ2) is 9.40. The number of benzene rings is 4. The van der Waals surface area contributed by atoms with Gasteiger partial charge in [-0.3, -0.25) is 4.90 Å². The van der Waals surface area contributed by atoms with Gasteiger partial charge in [-0.15, -0.1) is 0 Å². The van der Waals surface area contributed by atoms with E-state index >= 15 is 0 Å². The Hall–Kier alpha value is -2.98. The predicted octanol–water partition coefficient (Wildman–Crippen LogP) is 5.60. The van der Waals surface area contributed by atoms with Crippen LogP contribution in [-0.2, 0) is 10.1 Å². The smallest absolute Gasteiger partial charge is 0.485 e. The van der Waals surface area contributed by atoms with Gasteiger partial charge in [0.1, 0.15) is 6.04 Å². The minimum atomic E-state index is -6.09. The van der Waals surface area contributed by atoms with Crippen LogP contribution in [0.4, 0.5) is 13.2 Å². The fourth-order valence-electron chi connectivity index (χ4n) is 5.92. The largest absolute Gasteiger partial charge is 0.741 e. The molecule has 9 heteroatoms. The molecule has 4 aromatic carbocycles. The normalized spacial score (nSPS) is 25.6. The predicted molar refractivity (Wildman–Crippen MR) is 137 cm³/mol. The maximum Gasteiger partial charge on any atom is 0.485 e. The zero-order valence-corrected chi connectivity index (χ0v) is 21.0. The zero-order chi connectivity index (χ0) is 26.4. The molecule has 0 unspecified atom stereocenters. The second-order valence-electron chi connectivity index (χ2n) is 9.89. The molecule has 194 valence electrons. The van der Waals surface area contributed by atoms with Gasteiger partial charge in [0.15, 0.2) is 10.1 Å². The van der Waals surface area contributed by atoms with E-state index in [9.17, 15) is 13.2 Å². The Morgan fingerprint density at radius 3 is 1.73 bits per heavy atom. The summed E-state index contributed by atoms with van der Waals surface area (Å²) in [5.74, 6) is 0. The van der Waals surface area contributed by atoms with Crippen molar-refractivity contribution >= 4 is 31.7 Å². The molecule has 7 rings (SSSR count). The Labute approximate surface area is 214 Å². The van der Waals surface area contributed by atoms with Crippen LogP contribution >= 0.6 is 0 Å². The van der Waals surface area contributed by atoms with Gasteiger partial charge in [-0.1, -0.05) is 84.9 Å². The molecule has 4 aromatic rings. The third-order valence-electron chi connectivity index (χ3n) is 7.73. The van der Waals surface area contributed by atoms with Crippen LogP contribution in [0.25, 0.3) is 21.5 Å². The van der Waals surface area contributed by atoms with Gasteiger partial charge in [0.2, 0.25) is 0 Å². The van der Waals surface area contributed by atoms with Gasteiger partial charge >= 0.3 is 5.51 Å². The van der Waals surface area contributed by atoms with Crippen molar-refractivity contribution in [3.63, 3.8) is 0 Å². The summed E-state index contributed by atoms with van der Waals surface area (Å²) in [6, 6.07) is 32.4. The Balaban J connectivity index is 0.000000307. The molecule has 0 aromatic heterocycles. The standard InChI is InChI=1S/C27H27N2.CHF3O3S/c1-29-18-16-28(17-19-29)26(24-14-6-10-20-8-2-4-12-22(20)24)27(29)25-15-7-11-21-9-3-5-13-23(21)25;2-1(3,4)8(5,6)7/h2-15,26-27H,16-19H2,1H3;(H,5,6,7)/q+1;/p-1/t26-,27-;/m0./s1. The monoisotopic (exact) mass is 528 g/mol. The van der Waals surface area contributed by atoms with Crippen LogP contribution in [0.3, 0.4) is 0 Å². The second-order valence-corrected chi connectivity index (χ2v) is 11.3. The third kappa shape index (κ3) is 4.72. The quantitative estimate of drug-likeness (QED) is 0.193. The van der Waals surface area contributed by atoms with E-state index in [-0.39, 0.29) is 0 Å². The number of nitrogens with zero attached hydrogens (tertiary/aromatic N) is 2. The molecule has 2 bridgehead atoms. The van der Waals surface area contributed by atoms with Crippen LogP contribution < -0.4 is 0 Å². The van der Waals surface area contributed by atoms with Gasteiger partial charge in [0.05, 0.1) is 26.2 Å². The van der Waals surface area contributed by atoms with E-state index in [1.807, 2.05) is 0 Å². The Kier molecular flexibility index (Phi) is 6.52. The van der Waals surface area contributed by atoms with E-state index in [4.69, 9.17) is 13.0 Å². The summed E-state index contributed by atoms with van der Waals surface area (Å²) in [6.45, 7) is 4.83. The average Bonchev–Trinajstić information content (AvgIpc) is 2.87. The molecule has 3 aliphatic rings. The van der Waals surface area contributed by atoms with E-state index in [1.54, 1.807) is 0 Å². The maximum atomic E-state index is 10.7. The van der Waals surface area contributed by atoms with Crippen molar-refractivity contribution in [3.8, 4) is 0 Å². The van der Waals surface area contributed by atoms with Gasteiger partial charge in [-0.05, 0) is 27.1 Å². The molecule has 2 atom stereocenters. The first kappa shape index (κ1) is 25.7. The topological polar surface area (TPSA) is 60.4 Å². The van der Waals surface area contributed by atoms with Gasteiger partial charge in [0.25, 0.3) is 0 Å². The number of hydrogen-bond acceptors (Lipinski definition) is 4. The third-order valence-corrected chi connectivity index (χ3v) is 8.29. The van der Waals surface area contributed by atoms with Crippen molar-refractivity contribution in [3.05, 3.63) is 96.1 Å². The summed E-state index contributed by atoms with van der Waals surface area (Å²) >= 11 is 0. The summed E-state index contributed by atoms with van der Waals surface area (Å²) < 4.78 is 60.0. The lowest BCUT2D eigenvalue weighted by Gasteiger charge is -2.58. The lowest BCUT2D eigenvalue weighted by molar-refractivity contribution is -0.958. The van der Waals surface area contributed by atoms with E-state index in [0.717, 1.165) is 4.48 Å². The van der Waals surface area contributed by atoms with Gasteiger partial charge in [0, 0.05) is 18.7 Å². The van der Waals surface area contributed by atoms with Crippen LogP contribution in [-0.4, -0.2) is 61.1 Å². The summed E-state index contributed by atoms with van der Waals surface area (Å²) in [7, 11) is -3.60. The van der Waals surface area contributed by atoms with Crippen LogP contribution in [0.2, 0.25) is 0 Å². The minimum Gasteiger partial charge on any atom is -0.741 e. The number of fused-ring (bicyclic) bond motifs is 5. The highest BCUT2D eigenvalue weighted by Crippen LogP contribution is 2.50. The van der Waals surface area contributed by atoms with Crippen LogP contribution in [0.5, 0.6) is 0 Å². The molecule has 37 heavy (non-hydrogen) atoms. The summed E-state index contributed by atoms with van der Waals surface area (Å²) in [4.78, 5) is 2.75. The number of rotatable bonds is 2. The molecule has 3 saturated heterocycles. The van der Waals surface area contributed by atoms with Crippen molar-refractivity contribution in [2.75, 3.05) is 33.2 Å². The molecule has 5 nitrogen and oxygen atoms in total. The lowest BCUT2D eigenvalue weighted by atomic mass is 9.81. The molecule has 3 fully saturated rings. The fraction of sp³-hybridized carbons (Fsp3) is 0.286. The highest BCUT2D eigenvalue weighted by molar-refractivity contribution is 7.86. The van der Waals surface area contributed by atoms with Gasteiger partial charge < -0.3 is 9.04 Å². The number of alkyl halides is 3. The number of quaternary nitrogens is 1. The molecule has 0 saturated carbocycles. The molecule has 3 aliphatic heterocycles. The van der Waals surface area contributed by atoms with Crippen LogP contribution in [0.1, 0.15) is 23.2 Å². The zero-order valence-electron chi connectivity index (χ0n) is 20.2. The number of piperazine rings is 3. The molecule has 0 N–H and O–H groups in total. The summed E-state index contributed by atoms with van der Waals surface area (Å²) in [5.41, 5.74) is -2.65. The molecular weight excluding hydrogens is 501 g/mol. The van der Waals surface area contributed by atoms with Crippen molar-refractivity contribution in [2.24, 2.45) is 0 Å².